The first-order chi connectivity index (χ1) is 15.1. The predicted molar refractivity (Wildman–Crippen MR) is 121 cm³/mol. The van der Waals surface area contributed by atoms with Crippen molar-refractivity contribution in [1.29, 1.82) is 0 Å². The number of halogens is 2. The fraction of sp³-hybridized carbons (Fsp3) is 0.609. The number of thiocarbonyl (C=S) groups is 1. The minimum absolute atomic E-state index is 0.00912. The average Bonchev–Trinajstić information content (AvgIpc) is 3.18. The average molecular weight is 468 g/mol. The Kier molecular flexibility index (Phi) is 7.37. The van der Waals surface area contributed by atoms with Gasteiger partial charge in [-0.25, -0.2) is 13.6 Å². The van der Waals surface area contributed by atoms with Crippen molar-refractivity contribution in [2.45, 2.75) is 46.1 Å². The number of piperidine rings is 1. The van der Waals surface area contributed by atoms with Crippen molar-refractivity contribution in [1.82, 2.24) is 15.1 Å². The van der Waals surface area contributed by atoms with Crippen LogP contribution in [0.2, 0.25) is 0 Å². The first-order valence-corrected chi connectivity index (χ1v) is 11.4. The number of likely N-dealkylation sites (tertiary alicyclic amines) is 2. The van der Waals surface area contributed by atoms with Gasteiger partial charge >= 0.3 is 5.97 Å². The number of hydrogen-bond acceptors (Lipinski definition) is 4. The van der Waals surface area contributed by atoms with E-state index in [1.54, 1.807) is 0 Å². The van der Waals surface area contributed by atoms with Gasteiger partial charge in [-0.05, 0) is 61.4 Å². The van der Waals surface area contributed by atoms with E-state index in [1.807, 2.05) is 13.8 Å². The monoisotopic (exact) mass is 467 g/mol. The molecular weight excluding hydrogens is 436 g/mol. The second-order valence-electron chi connectivity index (χ2n) is 9.21. The second-order valence-corrected chi connectivity index (χ2v) is 9.60. The number of amides is 1. The smallest absolute Gasteiger partial charge is 0.328 e. The molecule has 1 aromatic carbocycles. The molecule has 2 heterocycles. The van der Waals surface area contributed by atoms with Gasteiger partial charge in [0.1, 0.15) is 23.2 Å². The van der Waals surface area contributed by atoms with Crippen LogP contribution in [0.15, 0.2) is 12.1 Å². The topological polar surface area (TPSA) is 61.9 Å². The van der Waals surface area contributed by atoms with Gasteiger partial charge in [0.05, 0.1) is 7.11 Å². The molecule has 2 aliphatic heterocycles. The van der Waals surface area contributed by atoms with Crippen molar-refractivity contribution in [2.75, 3.05) is 33.3 Å². The normalized spacial score (nSPS) is 18.7. The molecule has 0 aliphatic carbocycles. The van der Waals surface area contributed by atoms with Gasteiger partial charge in [-0.2, -0.15) is 0 Å². The minimum atomic E-state index is -0.827. The van der Waals surface area contributed by atoms with Crippen LogP contribution in [0, 0.1) is 29.9 Å². The number of carbonyl (C=O) groups is 2. The first-order valence-electron chi connectivity index (χ1n) is 11.0. The molecule has 1 spiro atoms. The van der Waals surface area contributed by atoms with E-state index in [9.17, 15) is 18.4 Å². The van der Waals surface area contributed by atoms with Gasteiger partial charge < -0.3 is 19.9 Å². The standard InChI is InChI=1S/C23H31F2N3O3S/c1-14(2)19(21(30)31-4)26-22(32)28-12-9-23(13-28)7-10-27(11-8-23)20(29)17-16(24)6-5-15(3)18(17)25/h5-6,14,19H,7-13H2,1-4H3,(H,26,32). The lowest BCUT2D eigenvalue weighted by Gasteiger charge is -2.39. The number of nitrogens with zero attached hydrogens (tertiary/aromatic N) is 2. The predicted octanol–water partition coefficient (Wildman–Crippen LogP) is 3.27. The number of methoxy groups -OCH3 is 1. The van der Waals surface area contributed by atoms with Crippen molar-refractivity contribution in [3.63, 3.8) is 0 Å². The van der Waals surface area contributed by atoms with Gasteiger partial charge in [0.2, 0.25) is 0 Å². The van der Waals surface area contributed by atoms with E-state index >= 15 is 0 Å². The van der Waals surface area contributed by atoms with Crippen LogP contribution in [0.25, 0.3) is 0 Å². The molecule has 176 valence electrons. The van der Waals surface area contributed by atoms with E-state index in [-0.39, 0.29) is 22.9 Å². The number of hydrogen-bond donors (Lipinski definition) is 1. The number of ether oxygens (including phenoxy) is 1. The third-order valence-electron chi connectivity index (χ3n) is 6.74. The van der Waals surface area contributed by atoms with Gasteiger partial charge in [0.25, 0.3) is 5.91 Å². The second kappa shape index (κ2) is 9.68. The Labute approximate surface area is 193 Å². The molecule has 1 aromatic rings. The van der Waals surface area contributed by atoms with Crippen molar-refractivity contribution in [2.24, 2.45) is 11.3 Å². The summed E-state index contributed by atoms with van der Waals surface area (Å²) < 4.78 is 33.4. The molecule has 2 saturated heterocycles. The Bertz CT molecular complexity index is 901. The molecule has 1 N–H and O–H groups in total. The van der Waals surface area contributed by atoms with Crippen LogP contribution in [-0.4, -0.2) is 66.1 Å². The van der Waals surface area contributed by atoms with Crippen LogP contribution in [0.3, 0.4) is 0 Å². The zero-order valence-corrected chi connectivity index (χ0v) is 19.9. The molecule has 0 bridgehead atoms. The summed E-state index contributed by atoms with van der Waals surface area (Å²) in [5.41, 5.74) is -0.227. The summed E-state index contributed by atoms with van der Waals surface area (Å²) in [7, 11) is 1.36. The molecule has 1 atom stereocenters. The fourth-order valence-corrected chi connectivity index (χ4v) is 4.84. The minimum Gasteiger partial charge on any atom is -0.467 e. The van der Waals surface area contributed by atoms with Crippen LogP contribution in [0.1, 0.15) is 49.0 Å². The number of aryl methyl sites for hydroxylation is 1. The van der Waals surface area contributed by atoms with E-state index < -0.39 is 29.1 Å². The summed E-state index contributed by atoms with van der Waals surface area (Å²) in [6.45, 7) is 7.73. The summed E-state index contributed by atoms with van der Waals surface area (Å²) in [6.07, 6.45) is 2.38. The lowest BCUT2D eigenvalue weighted by Crippen LogP contribution is -2.51. The molecular formula is C23H31F2N3O3S. The zero-order chi connectivity index (χ0) is 23.6. The molecule has 1 unspecified atom stereocenters. The van der Waals surface area contributed by atoms with Crippen LogP contribution >= 0.6 is 12.2 Å². The van der Waals surface area contributed by atoms with Crippen molar-refractivity contribution >= 4 is 29.2 Å². The maximum Gasteiger partial charge on any atom is 0.328 e. The van der Waals surface area contributed by atoms with Crippen LogP contribution < -0.4 is 5.32 Å². The highest BCUT2D eigenvalue weighted by molar-refractivity contribution is 7.80. The van der Waals surface area contributed by atoms with E-state index in [0.717, 1.165) is 38.4 Å². The molecule has 2 fully saturated rings. The maximum atomic E-state index is 14.4. The fourth-order valence-electron chi connectivity index (χ4n) is 4.56. The lowest BCUT2D eigenvalue weighted by atomic mass is 9.77. The van der Waals surface area contributed by atoms with Crippen molar-refractivity contribution in [3.8, 4) is 0 Å². The Balaban J connectivity index is 1.61. The summed E-state index contributed by atoms with van der Waals surface area (Å²) in [6, 6.07) is 1.96. The SMILES string of the molecule is COC(=O)C(NC(=S)N1CCC2(CCN(C(=O)c3c(F)ccc(C)c3F)CC2)C1)C(C)C. The molecule has 6 nitrogen and oxygen atoms in total. The third kappa shape index (κ3) is 4.87. The van der Waals surface area contributed by atoms with Crippen LogP contribution in [0.4, 0.5) is 8.78 Å². The Morgan fingerprint density at radius 3 is 2.28 bits per heavy atom. The zero-order valence-electron chi connectivity index (χ0n) is 19.0. The summed E-state index contributed by atoms with van der Waals surface area (Å²) in [5.74, 6) is -2.54. The highest BCUT2D eigenvalue weighted by atomic mass is 32.1. The maximum absolute atomic E-state index is 14.4. The quantitative estimate of drug-likeness (QED) is 0.542. The van der Waals surface area contributed by atoms with Gasteiger partial charge in [-0.1, -0.05) is 19.9 Å². The van der Waals surface area contributed by atoms with Gasteiger partial charge in [-0.3, -0.25) is 4.79 Å². The van der Waals surface area contributed by atoms with E-state index in [1.165, 1.54) is 25.0 Å². The molecule has 0 saturated carbocycles. The summed E-state index contributed by atoms with van der Waals surface area (Å²) >= 11 is 5.56. The van der Waals surface area contributed by atoms with Crippen molar-refractivity contribution < 1.29 is 23.1 Å². The molecule has 2 aliphatic rings. The first kappa shape index (κ1) is 24.4. The number of rotatable bonds is 4. The number of benzene rings is 1. The van der Waals surface area contributed by atoms with Gasteiger partial charge in [0.15, 0.2) is 5.11 Å². The lowest BCUT2D eigenvalue weighted by molar-refractivity contribution is -0.143. The number of esters is 1. The highest BCUT2D eigenvalue weighted by Crippen LogP contribution is 2.41. The largest absolute Gasteiger partial charge is 0.467 e. The van der Waals surface area contributed by atoms with E-state index in [0.29, 0.717) is 18.2 Å². The highest BCUT2D eigenvalue weighted by Gasteiger charge is 2.43. The Morgan fingerprint density at radius 2 is 1.72 bits per heavy atom. The molecule has 0 radical (unpaired) electrons. The third-order valence-corrected chi connectivity index (χ3v) is 7.11. The number of nitrogens with one attached hydrogen (secondary N) is 1. The van der Waals surface area contributed by atoms with Crippen LogP contribution in [0.5, 0.6) is 0 Å². The van der Waals surface area contributed by atoms with E-state index in [2.05, 4.69) is 10.2 Å². The van der Waals surface area contributed by atoms with Crippen molar-refractivity contribution in [3.05, 3.63) is 34.9 Å². The Morgan fingerprint density at radius 1 is 1.12 bits per heavy atom. The van der Waals surface area contributed by atoms with E-state index in [4.69, 9.17) is 17.0 Å². The van der Waals surface area contributed by atoms with Gasteiger partial charge in [-0.15, -0.1) is 0 Å². The summed E-state index contributed by atoms with van der Waals surface area (Å²) in [4.78, 5) is 28.4. The molecule has 32 heavy (non-hydrogen) atoms. The Hall–Kier alpha value is -2.29. The molecule has 1 amide bonds. The van der Waals surface area contributed by atoms with Gasteiger partial charge in [0, 0.05) is 26.2 Å². The molecule has 3 rings (SSSR count). The summed E-state index contributed by atoms with van der Waals surface area (Å²) in [5, 5.41) is 3.65. The molecule has 9 heteroatoms. The number of carbonyl (C=O) groups excluding carboxylic acids is 2. The van der Waals surface area contributed by atoms with Crippen LogP contribution in [-0.2, 0) is 9.53 Å². The molecule has 0 aromatic heterocycles.